The number of ether oxygens (including phenoxy) is 1. The van der Waals surface area contributed by atoms with E-state index < -0.39 is 0 Å². The van der Waals surface area contributed by atoms with E-state index in [4.69, 9.17) is 4.74 Å². The molecule has 1 spiro atoms. The minimum absolute atomic E-state index is 0.400. The van der Waals surface area contributed by atoms with Gasteiger partial charge in [0.25, 0.3) is 0 Å². The first-order valence-corrected chi connectivity index (χ1v) is 7.99. The lowest BCUT2D eigenvalue weighted by atomic mass is 9.60. The quantitative estimate of drug-likeness (QED) is 0.901. The van der Waals surface area contributed by atoms with E-state index in [-0.39, 0.29) is 0 Å². The third-order valence-electron chi connectivity index (χ3n) is 5.80. The first-order valence-electron chi connectivity index (χ1n) is 7.99. The number of rotatable bonds is 3. The molecular weight excluding hydrogens is 246 g/mol. The second kappa shape index (κ2) is 5.07. The molecule has 20 heavy (non-hydrogen) atoms. The number of benzene rings is 1. The van der Waals surface area contributed by atoms with Crippen LogP contribution in [-0.4, -0.2) is 19.2 Å². The summed E-state index contributed by atoms with van der Waals surface area (Å²) in [5.41, 5.74) is 4.31. The fourth-order valence-electron chi connectivity index (χ4n) is 4.27. The third kappa shape index (κ3) is 1.96. The van der Waals surface area contributed by atoms with Crippen LogP contribution in [0, 0.1) is 26.2 Å². The van der Waals surface area contributed by atoms with Crippen LogP contribution in [0.5, 0.6) is 5.75 Å². The minimum Gasteiger partial charge on any atom is -0.489 e. The second-order valence-corrected chi connectivity index (χ2v) is 6.78. The van der Waals surface area contributed by atoms with Crippen molar-refractivity contribution in [1.82, 2.24) is 5.32 Å². The van der Waals surface area contributed by atoms with E-state index >= 15 is 0 Å². The maximum absolute atomic E-state index is 6.52. The van der Waals surface area contributed by atoms with E-state index in [1.54, 1.807) is 0 Å². The molecule has 2 fully saturated rings. The summed E-state index contributed by atoms with van der Waals surface area (Å²) >= 11 is 0. The first-order chi connectivity index (χ1) is 9.58. The molecule has 0 aromatic heterocycles. The van der Waals surface area contributed by atoms with Crippen LogP contribution < -0.4 is 10.1 Å². The highest BCUT2D eigenvalue weighted by Crippen LogP contribution is 2.55. The fourth-order valence-corrected chi connectivity index (χ4v) is 4.27. The van der Waals surface area contributed by atoms with Gasteiger partial charge in [-0.15, -0.1) is 0 Å². The Hall–Kier alpha value is -1.02. The van der Waals surface area contributed by atoms with E-state index in [0.717, 1.165) is 12.2 Å². The zero-order valence-corrected chi connectivity index (χ0v) is 13.3. The Bertz CT molecular complexity index is 502. The van der Waals surface area contributed by atoms with Gasteiger partial charge < -0.3 is 10.1 Å². The molecule has 2 aliphatic carbocycles. The number of nitrogens with one attached hydrogen (secondary N) is 1. The maximum atomic E-state index is 6.52. The largest absolute Gasteiger partial charge is 0.489 e. The molecule has 2 aliphatic rings. The van der Waals surface area contributed by atoms with Crippen molar-refractivity contribution in [2.24, 2.45) is 5.41 Å². The molecule has 0 aliphatic heterocycles. The van der Waals surface area contributed by atoms with Crippen molar-refractivity contribution in [1.29, 1.82) is 0 Å². The van der Waals surface area contributed by atoms with Gasteiger partial charge in [0.05, 0.1) is 0 Å². The molecule has 3 rings (SSSR count). The molecule has 2 saturated carbocycles. The van der Waals surface area contributed by atoms with Crippen molar-refractivity contribution in [2.75, 3.05) is 7.05 Å². The van der Waals surface area contributed by atoms with Crippen molar-refractivity contribution in [2.45, 2.75) is 65.0 Å². The molecule has 2 nitrogen and oxygen atoms in total. The Morgan fingerprint density at radius 3 is 2.40 bits per heavy atom. The monoisotopic (exact) mass is 273 g/mol. The van der Waals surface area contributed by atoms with Crippen LogP contribution in [0.25, 0.3) is 0 Å². The zero-order valence-electron chi connectivity index (χ0n) is 13.3. The molecule has 0 amide bonds. The van der Waals surface area contributed by atoms with E-state index in [9.17, 15) is 0 Å². The average Bonchev–Trinajstić information content (AvgIpc) is 2.94. The van der Waals surface area contributed by atoms with Crippen LogP contribution in [-0.2, 0) is 0 Å². The molecule has 0 heterocycles. The van der Waals surface area contributed by atoms with Gasteiger partial charge in [0.1, 0.15) is 11.9 Å². The Morgan fingerprint density at radius 2 is 1.75 bits per heavy atom. The number of hydrogen-bond donors (Lipinski definition) is 1. The van der Waals surface area contributed by atoms with Gasteiger partial charge in [-0.2, -0.15) is 0 Å². The fraction of sp³-hybridized carbons (Fsp3) is 0.667. The van der Waals surface area contributed by atoms with Gasteiger partial charge in [0.2, 0.25) is 0 Å². The van der Waals surface area contributed by atoms with Crippen LogP contribution in [0.3, 0.4) is 0 Å². The predicted molar refractivity (Wildman–Crippen MR) is 83.4 cm³/mol. The molecule has 1 N–H and O–H groups in total. The Balaban J connectivity index is 1.84. The summed E-state index contributed by atoms with van der Waals surface area (Å²) in [6.07, 6.45) is 6.94. The lowest BCUT2D eigenvalue weighted by Gasteiger charge is -2.54. The molecule has 110 valence electrons. The second-order valence-electron chi connectivity index (χ2n) is 6.78. The minimum atomic E-state index is 0.400. The maximum Gasteiger partial charge on any atom is 0.125 e. The van der Waals surface area contributed by atoms with Crippen molar-refractivity contribution >= 4 is 0 Å². The Kier molecular flexibility index (Phi) is 3.53. The van der Waals surface area contributed by atoms with Crippen LogP contribution in [0.1, 0.15) is 48.8 Å². The van der Waals surface area contributed by atoms with Crippen LogP contribution in [0.15, 0.2) is 12.1 Å². The SMILES string of the molecule is CNC1CC(Oc2c(C)ccc(C)c2C)C12CCCC2. The third-order valence-corrected chi connectivity index (χ3v) is 5.80. The van der Waals surface area contributed by atoms with Crippen molar-refractivity contribution in [3.8, 4) is 5.75 Å². The van der Waals surface area contributed by atoms with Gasteiger partial charge in [0.15, 0.2) is 0 Å². The van der Waals surface area contributed by atoms with E-state index in [0.29, 0.717) is 17.6 Å². The standard InChI is InChI=1S/C18H27NO/c1-12-7-8-13(2)17(14(12)3)20-16-11-15(19-4)18(16)9-5-6-10-18/h7-8,15-16,19H,5-6,9-11H2,1-4H3. The molecule has 1 aromatic rings. The van der Waals surface area contributed by atoms with Crippen molar-refractivity contribution in [3.63, 3.8) is 0 Å². The summed E-state index contributed by atoms with van der Waals surface area (Å²) in [4.78, 5) is 0. The van der Waals surface area contributed by atoms with Crippen LogP contribution in [0.2, 0.25) is 0 Å². The van der Waals surface area contributed by atoms with Crippen LogP contribution in [0.4, 0.5) is 0 Å². The smallest absolute Gasteiger partial charge is 0.125 e. The van der Waals surface area contributed by atoms with E-state index in [1.165, 1.54) is 42.4 Å². The Morgan fingerprint density at radius 1 is 1.10 bits per heavy atom. The van der Waals surface area contributed by atoms with Crippen molar-refractivity contribution < 1.29 is 4.74 Å². The van der Waals surface area contributed by atoms with E-state index in [1.807, 2.05) is 0 Å². The highest BCUT2D eigenvalue weighted by Gasteiger charge is 2.57. The summed E-state index contributed by atoms with van der Waals surface area (Å²) in [5.74, 6) is 1.14. The summed E-state index contributed by atoms with van der Waals surface area (Å²) < 4.78 is 6.52. The lowest BCUT2D eigenvalue weighted by molar-refractivity contribution is -0.0742. The van der Waals surface area contributed by atoms with Crippen LogP contribution >= 0.6 is 0 Å². The summed E-state index contributed by atoms with van der Waals surface area (Å²) in [6, 6.07) is 5.04. The van der Waals surface area contributed by atoms with Gasteiger partial charge in [0, 0.05) is 17.9 Å². The van der Waals surface area contributed by atoms with E-state index in [2.05, 4.69) is 45.3 Å². The molecule has 2 atom stereocenters. The summed E-state index contributed by atoms with van der Waals surface area (Å²) in [7, 11) is 2.10. The molecule has 2 heteroatoms. The van der Waals surface area contributed by atoms with Gasteiger partial charge >= 0.3 is 0 Å². The highest BCUT2D eigenvalue weighted by molar-refractivity contribution is 5.45. The molecule has 0 radical (unpaired) electrons. The molecule has 0 bridgehead atoms. The topological polar surface area (TPSA) is 21.3 Å². The first kappa shape index (κ1) is 13.9. The molecular formula is C18H27NO. The summed E-state index contributed by atoms with van der Waals surface area (Å²) in [5, 5.41) is 3.51. The predicted octanol–water partition coefficient (Wildman–Crippen LogP) is 3.91. The Labute approximate surface area is 122 Å². The normalized spacial score (nSPS) is 27.6. The van der Waals surface area contributed by atoms with Gasteiger partial charge in [-0.05, 0) is 57.4 Å². The molecule has 2 unspecified atom stereocenters. The van der Waals surface area contributed by atoms with Crippen molar-refractivity contribution in [3.05, 3.63) is 28.8 Å². The number of hydrogen-bond acceptors (Lipinski definition) is 2. The average molecular weight is 273 g/mol. The molecule has 0 saturated heterocycles. The van der Waals surface area contributed by atoms with Gasteiger partial charge in [-0.1, -0.05) is 25.0 Å². The highest BCUT2D eigenvalue weighted by atomic mass is 16.5. The lowest BCUT2D eigenvalue weighted by Crippen LogP contribution is -2.63. The van der Waals surface area contributed by atoms with Gasteiger partial charge in [-0.25, -0.2) is 0 Å². The zero-order chi connectivity index (χ0) is 14.3. The number of aryl methyl sites for hydroxylation is 2. The van der Waals surface area contributed by atoms with Gasteiger partial charge in [-0.3, -0.25) is 0 Å². The molecule has 1 aromatic carbocycles. The summed E-state index contributed by atoms with van der Waals surface area (Å²) in [6.45, 7) is 6.52.